The minimum Gasteiger partial charge on any atom is -0.399 e. The number of anilines is 2. The molecular formula is C14H18N2S. The number of nitrogen functional groups attached to an aromatic ring is 1. The fourth-order valence-corrected chi connectivity index (χ4v) is 2.71. The largest absolute Gasteiger partial charge is 0.399 e. The Kier molecular flexibility index (Phi) is 3.69. The maximum absolute atomic E-state index is 5.82. The quantitative estimate of drug-likeness (QED) is 0.805. The average Bonchev–Trinajstić information content (AvgIpc) is 2.73. The number of benzene rings is 1. The zero-order valence-corrected chi connectivity index (χ0v) is 11.1. The van der Waals surface area contributed by atoms with Gasteiger partial charge in [-0.1, -0.05) is 6.92 Å². The molecule has 90 valence electrons. The van der Waals surface area contributed by atoms with Gasteiger partial charge in [0.1, 0.15) is 0 Å². The van der Waals surface area contributed by atoms with Gasteiger partial charge < -0.3 is 11.1 Å². The molecule has 1 aromatic heterocycles. The van der Waals surface area contributed by atoms with Crippen LogP contribution in [-0.2, 0) is 13.0 Å². The normalized spacial score (nSPS) is 10.5. The Bertz CT molecular complexity index is 482. The number of rotatable bonds is 4. The summed E-state index contributed by atoms with van der Waals surface area (Å²) in [5.41, 5.74) is 8.91. The fraction of sp³-hybridized carbons (Fsp3) is 0.286. The number of thiophene rings is 1. The predicted octanol–water partition coefficient (Wildman–Crippen LogP) is 3.81. The van der Waals surface area contributed by atoms with Crippen molar-refractivity contribution in [2.75, 3.05) is 11.1 Å². The van der Waals surface area contributed by atoms with E-state index in [1.807, 2.05) is 23.5 Å². The van der Waals surface area contributed by atoms with Crippen molar-refractivity contribution in [3.8, 4) is 0 Å². The maximum Gasteiger partial charge on any atom is 0.0494 e. The molecule has 3 heteroatoms. The lowest BCUT2D eigenvalue weighted by Crippen LogP contribution is -1.98. The van der Waals surface area contributed by atoms with Crippen LogP contribution in [0.1, 0.15) is 22.2 Å². The highest BCUT2D eigenvalue weighted by Crippen LogP contribution is 2.20. The van der Waals surface area contributed by atoms with Crippen LogP contribution in [0, 0.1) is 6.92 Å². The summed E-state index contributed by atoms with van der Waals surface area (Å²) in [4.78, 5) is 2.80. The molecule has 0 atom stereocenters. The summed E-state index contributed by atoms with van der Waals surface area (Å²) in [7, 11) is 0. The molecule has 0 aliphatic rings. The molecule has 0 aliphatic carbocycles. The summed E-state index contributed by atoms with van der Waals surface area (Å²) < 4.78 is 0. The van der Waals surface area contributed by atoms with E-state index in [1.54, 1.807) is 0 Å². The van der Waals surface area contributed by atoms with Gasteiger partial charge in [-0.3, -0.25) is 0 Å². The van der Waals surface area contributed by atoms with Crippen LogP contribution in [0.2, 0.25) is 0 Å². The molecule has 1 aromatic carbocycles. The van der Waals surface area contributed by atoms with E-state index in [0.29, 0.717) is 0 Å². The molecule has 0 saturated carbocycles. The van der Waals surface area contributed by atoms with Gasteiger partial charge in [0.15, 0.2) is 0 Å². The molecule has 2 rings (SSSR count). The topological polar surface area (TPSA) is 38.0 Å². The van der Waals surface area contributed by atoms with Crippen LogP contribution >= 0.6 is 11.3 Å². The van der Waals surface area contributed by atoms with E-state index in [0.717, 1.165) is 24.3 Å². The first kappa shape index (κ1) is 12.0. The lowest BCUT2D eigenvalue weighted by atomic mass is 10.2. The summed E-state index contributed by atoms with van der Waals surface area (Å²) in [6.45, 7) is 5.11. The van der Waals surface area contributed by atoms with Crippen molar-refractivity contribution >= 4 is 22.7 Å². The molecule has 17 heavy (non-hydrogen) atoms. The molecule has 1 heterocycles. The van der Waals surface area contributed by atoms with Gasteiger partial charge >= 0.3 is 0 Å². The first-order valence-electron chi connectivity index (χ1n) is 5.86. The highest BCUT2D eigenvalue weighted by atomic mass is 32.1. The number of hydrogen-bond acceptors (Lipinski definition) is 3. The second kappa shape index (κ2) is 5.23. The molecule has 0 bridgehead atoms. The molecule has 0 spiro atoms. The molecular weight excluding hydrogens is 228 g/mol. The van der Waals surface area contributed by atoms with Gasteiger partial charge in [0.25, 0.3) is 0 Å². The molecule has 0 radical (unpaired) electrons. The van der Waals surface area contributed by atoms with E-state index in [9.17, 15) is 0 Å². The summed E-state index contributed by atoms with van der Waals surface area (Å²) in [5, 5.41) is 3.41. The Labute approximate surface area is 106 Å². The maximum atomic E-state index is 5.82. The zero-order chi connectivity index (χ0) is 12.3. The summed E-state index contributed by atoms with van der Waals surface area (Å²) in [6.07, 6.45) is 1.11. The third kappa shape index (κ3) is 3.24. The van der Waals surface area contributed by atoms with Crippen molar-refractivity contribution in [3.05, 3.63) is 45.6 Å². The SMILES string of the molecule is CCc1ccc(CNc2cc(C)cc(N)c2)s1. The van der Waals surface area contributed by atoms with Crippen LogP contribution in [0.4, 0.5) is 11.4 Å². The van der Waals surface area contributed by atoms with Crippen molar-refractivity contribution in [1.29, 1.82) is 0 Å². The van der Waals surface area contributed by atoms with Gasteiger partial charge in [0.2, 0.25) is 0 Å². The Balaban J connectivity index is 2.01. The van der Waals surface area contributed by atoms with Crippen molar-refractivity contribution in [1.82, 2.24) is 0 Å². The number of aryl methyl sites for hydroxylation is 2. The standard InChI is InChI=1S/C14H18N2S/c1-3-13-4-5-14(17-13)9-16-12-7-10(2)6-11(15)8-12/h4-8,16H,3,9,15H2,1-2H3. The monoisotopic (exact) mass is 246 g/mol. The van der Waals surface area contributed by atoms with E-state index in [2.05, 4.69) is 37.4 Å². The summed E-state index contributed by atoms with van der Waals surface area (Å²) in [6, 6.07) is 10.5. The minimum absolute atomic E-state index is 0.813. The van der Waals surface area contributed by atoms with Gasteiger partial charge in [0.05, 0.1) is 0 Å². The fourth-order valence-electron chi connectivity index (χ4n) is 1.81. The zero-order valence-electron chi connectivity index (χ0n) is 10.3. The van der Waals surface area contributed by atoms with E-state index in [4.69, 9.17) is 5.73 Å². The Morgan fingerprint density at radius 2 is 1.94 bits per heavy atom. The molecule has 0 aliphatic heterocycles. The van der Waals surface area contributed by atoms with Crippen LogP contribution < -0.4 is 11.1 Å². The van der Waals surface area contributed by atoms with Crippen LogP contribution in [0.15, 0.2) is 30.3 Å². The third-order valence-electron chi connectivity index (χ3n) is 2.63. The van der Waals surface area contributed by atoms with Crippen LogP contribution in [-0.4, -0.2) is 0 Å². The van der Waals surface area contributed by atoms with Crippen molar-refractivity contribution in [2.45, 2.75) is 26.8 Å². The highest BCUT2D eigenvalue weighted by molar-refractivity contribution is 7.12. The van der Waals surface area contributed by atoms with Gasteiger partial charge in [-0.15, -0.1) is 11.3 Å². The smallest absolute Gasteiger partial charge is 0.0494 e. The van der Waals surface area contributed by atoms with Crippen LogP contribution in [0.5, 0.6) is 0 Å². The van der Waals surface area contributed by atoms with Gasteiger partial charge in [-0.2, -0.15) is 0 Å². The second-order valence-corrected chi connectivity index (χ2v) is 5.46. The molecule has 3 N–H and O–H groups in total. The van der Waals surface area contributed by atoms with E-state index >= 15 is 0 Å². The van der Waals surface area contributed by atoms with Gasteiger partial charge in [-0.05, 0) is 49.2 Å². The minimum atomic E-state index is 0.813. The lowest BCUT2D eigenvalue weighted by Gasteiger charge is -2.07. The van der Waals surface area contributed by atoms with Crippen molar-refractivity contribution in [3.63, 3.8) is 0 Å². The Morgan fingerprint density at radius 1 is 1.18 bits per heavy atom. The molecule has 0 saturated heterocycles. The van der Waals surface area contributed by atoms with E-state index in [-0.39, 0.29) is 0 Å². The first-order chi connectivity index (χ1) is 8.17. The first-order valence-corrected chi connectivity index (χ1v) is 6.67. The Morgan fingerprint density at radius 3 is 2.59 bits per heavy atom. The van der Waals surface area contributed by atoms with Crippen molar-refractivity contribution in [2.24, 2.45) is 0 Å². The lowest BCUT2D eigenvalue weighted by molar-refractivity contribution is 1.19. The summed E-state index contributed by atoms with van der Waals surface area (Å²) >= 11 is 1.87. The molecule has 2 nitrogen and oxygen atoms in total. The molecule has 0 amide bonds. The predicted molar refractivity (Wildman–Crippen MR) is 76.6 cm³/mol. The number of nitrogens with one attached hydrogen (secondary N) is 1. The van der Waals surface area contributed by atoms with Crippen molar-refractivity contribution < 1.29 is 0 Å². The van der Waals surface area contributed by atoms with Gasteiger partial charge in [0, 0.05) is 27.7 Å². The molecule has 2 aromatic rings. The number of nitrogens with two attached hydrogens (primary N) is 1. The average molecular weight is 246 g/mol. The third-order valence-corrected chi connectivity index (χ3v) is 3.86. The van der Waals surface area contributed by atoms with Crippen LogP contribution in [0.25, 0.3) is 0 Å². The summed E-state index contributed by atoms with van der Waals surface area (Å²) in [5.74, 6) is 0. The Hall–Kier alpha value is -1.48. The van der Waals surface area contributed by atoms with Gasteiger partial charge in [-0.25, -0.2) is 0 Å². The molecule has 0 fully saturated rings. The van der Waals surface area contributed by atoms with Crippen LogP contribution in [0.3, 0.4) is 0 Å². The van der Waals surface area contributed by atoms with E-state index in [1.165, 1.54) is 15.3 Å². The molecule has 0 unspecified atom stereocenters. The number of hydrogen-bond donors (Lipinski definition) is 2. The second-order valence-electron chi connectivity index (χ2n) is 4.21. The van der Waals surface area contributed by atoms with E-state index < -0.39 is 0 Å². The highest BCUT2D eigenvalue weighted by Gasteiger charge is 2.00.